The Hall–Kier alpha value is -1.56. The molecule has 1 fully saturated rings. The first-order chi connectivity index (χ1) is 9.97. The Kier molecular flexibility index (Phi) is 5.22. The van der Waals surface area contributed by atoms with Gasteiger partial charge in [-0.05, 0) is 37.0 Å². The molecule has 6 heteroatoms. The van der Waals surface area contributed by atoms with Crippen LogP contribution in [-0.4, -0.2) is 23.5 Å². The van der Waals surface area contributed by atoms with Crippen molar-refractivity contribution in [2.75, 3.05) is 12.3 Å². The molecule has 1 aliphatic carbocycles. The summed E-state index contributed by atoms with van der Waals surface area (Å²) >= 11 is 3.30. The number of carbonyl (C=O) groups is 2. The van der Waals surface area contributed by atoms with Crippen molar-refractivity contribution in [3.8, 4) is 0 Å². The number of nitrogens with two attached hydrogens (primary N) is 1. The van der Waals surface area contributed by atoms with E-state index in [1.165, 1.54) is 0 Å². The van der Waals surface area contributed by atoms with Crippen LogP contribution >= 0.6 is 15.9 Å². The second-order valence-corrected chi connectivity index (χ2v) is 6.39. The number of anilines is 1. The van der Waals surface area contributed by atoms with Gasteiger partial charge in [-0.3, -0.25) is 9.59 Å². The number of nitrogen functional groups attached to an aromatic ring is 1. The number of amides is 1. The van der Waals surface area contributed by atoms with Crippen LogP contribution in [0.1, 0.15) is 36.0 Å². The Morgan fingerprint density at radius 2 is 2.00 bits per heavy atom. The monoisotopic (exact) mass is 354 g/mol. The van der Waals surface area contributed by atoms with Gasteiger partial charge in [-0.1, -0.05) is 28.8 Å². The third-order valence-electron chi connectivity index (χ3n) is 3.93. The van der Waals surface area contributed by atoms with Crippen LogP contribution in [0.15, 0.2) is 22.7 Å². The number of carbonyl (C=O) groups excluding carboxylic acids is 1. The van der Waals surface area contributed by atoms with Crippen molar-refractivity contribution in [1.82, 2.24) is 5.32 Å². The fraction of sp³-hybridized carbons (Fsp3) is 0.467. The number of nitrogens with one attached hydrogen (secondary N) is 1. The van der Waals surface area contributed by atoms with E-state index in [1.54, 1.807) is 18.2 Å². The summed E-state index contributed by atoms with van der Waals surface area (Å²) in [6.07, 6.45) is 3.51. The van der Waals surface area contributed by atoms with Crippen LogP contribution in [0.5, 0.6) is 0 Å². The second kappa shape index (κ2) is 6.93. The molecule has 0 radical (unpaired) electrons. The lowest BCUT2D eigenvalue weighted by atomic mass is 9.79. The molecular formula is C15H19BrN2O3. The van der Waals surface area contributed by atoms with Crippen LogP contribution in [0.2, 0.25) is 0 Å². The van der Waals surface area contributed by atoms with Crippen LogP contribution in [0.4, 0.5) is 5.69 Å². The van der Waals surface area contributed by atoms with Gasteiger partial charge in [0.1, 0.15) is 0 Å². The first-order valence-corrected chi connectivity index (χ1v) is 7.83. The Morgan fingerprint density at radius 3 is 2.67 bits per heavy atom. The zero-order valence-corrected chi connectivity index (χ0v) is 13.2. The molecule has 4 N–H and O–H groups in total. The fourth-order valence-corrected chi connectivity index (χ4v) is 3.36. The molecule has 2 unspecified atom stereocenters. The molecule has 5 nitrogen and oxygen atoms in total. The SMILES string of the molecule is Nc1cc(Br)cc(C(=O)NCC2CCCCC2C(=O)O)c1. The van der Waals surface area contributed by atoms with Crippen molar-refractivity contribution in [2.45, 2.75) is 25.7 Å². The van der Waals surface area contributed by atoms with Crippen LogP contribution < -0.4 is 11.1 Å². The molecule has 0 bridgehead atoms. The topological polar surface area (TPSA) is 92.4 Å². The van der Waals surface area contributed by atoms with Gasteiger partial charge in [-0.2, -0.15) is 0 Å². The second-order valence-electron chi connectivity index (χ2n) is 5.47. The largest absolute Gasteiger partial charge is 0.481 e. The van der Waals surface area contributed by atoms with E-state index in [2.05, 4.69) is 21.2 Å². The van der Waals surface area contributed by atoms with Crippen molar-refractivity contribution in [2.24, 2.45) is 11.8 Å². The van der Waals surface area contributed by atoms with Gasteiger partial charge in [-0.25, -0.2) is 0 Å². The van der Waals surface area contributed by atoms with Crippen molar-refractivity contribution in [3.05, 3.63) is 28.2 Å². The van der Waals surface area contributed by atoms with Crippen LogP contribution in [0, 0.1) is 11.8 Å². The highest BCUT2D eigenvalue weighted by molar-refractivity contribution is 9.10. The van der Waals surface area contributed by atoms with Gasteiger partial charge in [-0.15, -0.1) is 0 Å². The molecule has 2 rings (SSSR count). The maximum Gasteiger partial charge on any atom is 0.306 e. The third kappa shape index (κ3) is 4.20. The molecule has 0 aromatic heterocycles. The maximum atomic E-state index is 12.1. The quantitative estimate of drug-likeness (QED) is 0.724. The van der Waals surface area contributed by atoms with Gasteiger partial charge in [0.25, 0.3) is 5.91 Å². The highest BCUT2D eigenvalue weighted by Crippen LogP contribution is 2.29. The fourth-order valence-electron chi connectivity index (χ4n) is 2.85. The van der Waals surface area contributed by atoms with E-state index in [9.17, 15) is 14.7 Å². The Morgan fingerprint density at radius 1 is 1.29 bits per heavy atom. The summed E-state index contributed by atoms with van der Waals surface area (Å²) in [5, 5.41) is 12.1. The molecule has 1 aliphatic rings. The molecule has 0 spiro atoms. The number of hydrogen-bond acceptors (Lipinski definition) is 3. The average Bonchev–Trinajstić information content (AvgIpc) is 2.43. The highest BCUT2D eigenvalue weighted by atomic mass is 79.9. The summed E-state index contributed by atoms with van der Waals surface area (Å²) in [4.78, 5) is 23.4. The van der Waals surface area contributed by atoms with Crippen LogP contribution in [0.3, 0.4) is 0 Å². The maximum absolute atomic E-state index is 12.1. The molecule has 0 saturated heterocycles. The summed E-state index contributed by atoms with van der Waals surface area (Å²) in [5.41, 5.74) is 6.70. The van der Waals surface area contributed by atoms with Gasteiger partial charge >= 0.3 is 5.97 Å². The molecule has 0 heterocycles. The van der Waals surface area contributed by atoms with E-state index in [4.69, 9.17) is 5.73 Å². The summed E-state index contributed by atoms with van der Waals surface area (Å²) in [6, 6.07) is 5.02. The zero-order chi connectivity index (χ0) is 15.4. The molecule has 1 amide bonds. The Labute approximate surface area is 132 Å². The molecule has 0 aliphatic heterocycles. The zero-order valence-electron chi connectivity index (χ0n) is 11.6. The van der Waals surface area contributed by atoms with Gasteiger partial charge < -0.3 is 16.2 Å². The smallest absolute Gasteiger partial charge is 0.306 e. The van der Waals surface area contributed by atoms with Gasteiger partial charge in [0.05, 0.1) is 5.92 Å². The minimum absolute atomic E-state index is 0.00435. The predicted octanol–water partition coefficient (Wildman–Crippen LogP) is 2.65. The first kappa shape index (κ1) is 15.8. The van der Waals surface area contributed by atoms with Crippen molar-refractivity contribution in [3.63, 3.8) is 0 Å². The summed E-state index contributed by atoms with van der Waals surface area (Å²) in [5.74, 6) is -1.34. The Bertz CT molecular complexity index is 527. The van der Waals surface area contributed by atoms with Crippen molar-refractivity contribution < 1.29 is 14.7 Å². The number of aliphatic carboxylic acids is 1. The number of rotatable bonds is 4. The minimum Gasteiger partial charge on any atom is -0.481 e. The lowest BCUT2D eigenvalue weighted by Crippen LogP contribution is -2.37. The number of benzene rings is 1. The van der Waals surface area contributed by atoms with E-state index < -0.39 is 5.97 Å². The highest BCUT2D eigenvalue weighted by Gasteiger charge is 2.30. The van der Waals surface area contributed by atoms with Gasteiger partial charge in [0.2, 0.25) is 0 Å². The standard InChI is InChI=1S/C15H19BrN2O3/c16-11-5-10(6-12(17)7-11)14(19)18-8-9-3-1-2-4-13(9)15(20)21/h5-7,9,13H,1-4,8,17H2,(H,18,19)(H,20,21). The molecule has 21 heavy (non-hydrogen) atoms. The molecule has 2 atom stereocenters. The summed E-state index contributed by atoms with van der Waals surface area (Å²) in [7, 11) is 0. The van der Waals surface area contributed by atoms with Gasteiger partial charge in [0.15, 0.2) is 0 Å². The molecule has 1 aromatic rings. The number of carboxylic acid groups (broad SMARTS) is 1. The van der Waals surface area contributed by atoms with E-state index >= 15 is 0 Å². The van der Waals surface area contributed by atoms with E-state index in [1.807, 2.05) is 0 Å². The normalized spacial score (nSPS) is 21.8. The molecule has 114 valence electrons. The minimum atomic E-state index is -0.763. The van der Waals surface area contributed by atoms with E-state index in [0.717, 1.165) is 23.7 Å². The third-order valence-corrected chi connectivity index (χ3v) is 4.39. The lowest BCUT2D eigenvalue weighted by molar-refractivity contribution is -0.144. The number of hydrogen-bond donors (Lipinski definition) is 3. The van der Waals surface area contributed by atoms with E-state index in [0.29, 0.717) is 24.2 Å². The number of halogens is 1. The average molecular weight is 355 g/mol. The summed E-state index contributed by atoms with van der Waals surface area (Å²) < 4.78 is 0.744. The predicted molar refractivity (Wildman–Crippen MR) is 84.0 cm³/mol. The van der Waals surface area contributed by atoms with Crippen molar-refractivity contribution >= 4 is 33.5 Å². The van der Waals surface area contributed by atoms with Crippen molar-refractivity contribution in [1.29, 1.82) is 0 Å². The van der Waals surface area contributed by atoms with Gasteiger partial charge in [0, 0.05) is 22.3 Å². The molecule has 1 aromatic carbocycles. The Balaban J connectivity index is 1.98. The van der Waals surface area contributed by atoms with Crippen LogP contribution in [-0.2, 0) is 4.79 Å². The molecule has 1 saturated carbocycles. The van der Waals surface area contributed by atoms with E-state index in [-0.39, 0.29) is 17.7 Å². The lowest BCUT2D eigenvalue weighted by Gasteiger charge is -2.28. The summed E-state index contributed by atoms with van der Waals surface area (Å²) in [6.45, 7) is 0.391. The first-order valence-electron chi connectivity index (χ1n) is 7.04. The van der Waals surface area contributed by atoms with Crippen LogP contribution in [0.25, 0.3) is 0 Å². The molecular weight excluding hydrogens is 336 g/mol. The number of carboxylic acids is 1.